The highest BCUT2D eigenvalue weighted by atomic mass is 19.1. The molecule has 3 atom stereocenters. The second-order valence-corrected chi connectivity index (χ2v) is 18.7. The second kappa shape index (κ2) is 28.1. The SMILES string of the molecule is CC(C)[C@@H](NC(=O)Nc1ccc2c(c1)CCO2)c1ccc(C(=O)NO)cc1.CC(C)[C@@H](NC(=O)Nc1cccc2ccccc12)c1ccc(C(=O)NO)cc1.C[C@@H](NC(=O)Nc1c(F)cccc1F)c1ccc(C(=O)NO)cc1. The minimum absolute atomic E-state index is 0.135. The predicted octanol–water partition coefficient (Wildman–Crippen LogP) is 10.7. The molecule has 0 saturated carbocycles. The average Bonchev–Trinajstić information content (AvgIpc) is 3.93. The lowest BCUT2D eigenvalue weighted by molar-refractivity contribution is 0.0702. The van der Waals surface area contributed by atoms with Gasteiger partial charge in [0, 0.05) is 34.2 Å². The average molecular weight is 1080 g/mol. The highest BCUT2D eigenvalue weighted by molar-refractivity contribution is 6.02. The third-order valence-corrected chi connectivity index (χ3v) is 12.5. The molecule has 8 rings (SSSR count). The summed E-state index contributed by atoms with van der Waals surface area (Å²) >= 11 is 0. The highest BCUT2D eigenvalue weighted by Gasteiger charge is 2.22. The molecule has 0 aliphatic carbocycles. The summed E-state index contributed by atoms with van der Waals surface area (Å²) in [5.41, 5.74) is 10.1. The van der Waals surface area contributed by atoms with E-state index in [1.807, 2.05) is 88.4 Å². The molecule has 19 nitrogen and oxygen atoms in total. The maximum absolute atomic E-state index is 13.5. The monoisotopic (exact) mass is 1080 g/mol. The number of benzene rings is 7. The van der Waals surface area contributed by atoms with Crippen LogP contribution in [0.1, 0.15) is 106 Å². The fourth-order valence-corrected chi connectivity index (χ4v) is 8.32. The molecule has 12 N–H and O–H groups in total. The zero-order chi connectivity index (χ0) is 57.2. The maximum atomic E-state index is 13.5. The number of carbonyl (C=O) groups is 6. The third kappa shape index (κ3) is 16.3. The Balaban J connectivity index is 0.000000192. The molecule has 412 valence electrons. The van der Waals surface area contributed by atoms with Crippen LogP contribution in [0.2, 0.25) is 0 Å². The van der Waals surface area contributed by atoms with Crippen molar-refractivity contribution in [2.45, 2.75) is 59.2 Å². The van der Waals surface area contributed by atoms with Crippen molar-refractivity contribution in [3.05, 3.63) is 202 Å². The van der Waals surface area contributed by atoms with Crippen molar-refractivity contribution in [3.63, 3.8) is 0 Å². The molecule has 1 aliphatic heterocycles. The number of ether oxygens (including phenoxy) is 1. The fourth-order valence-electron chi connectivity index (χ4n) is 8.32. The Morgan fingerprint density at radius 3 is 1.46 bits per heavy atom. The van der Waals surface area contributed by atoms with Crippen LogP contribution in [0.4, 0.5) is 40.2 Å². The van der Waals surface area contributed by atoms with Crippen molar-refractivity contribution in [2.75, 3.05) is 22.6 Å². The van der Waals surface area contributed by atoms with Crippen molar-refractivity contribution >= 4 is 63.6 Å². The fraction of sp³-hybridized carbons (Fsp3) is 0.207. The lowest BCUT2D eigenvalue weighted by Crippen LogP contribution is -2.35. The van der Waals surface area contributed by atoms with Crippen LogP contribution >= 0.6 is 0 Å². The van der Waals surface area contributed by atoms with Crippen molar-refractivity contribution in [1.82, 2.24) is 32.4 Å². The Hall–Kier alpha value is -9.44. The van der Waals surface area contributed by atoms with Crippen LogP contribution in [0, 0.1) is 23.5 Å². The number of carbonyl (C=O) groups excluding carboxylic acids is 6. The van der Waals surface area contributed by atoms with Crippen LogP contribution in [0.15, 0.2) is 152 Å². The van der Waals surface area contributed by atoms with E-state index in [4.69, 9.17) is 20.4 Å². The van der Waals surface area contributed by atoms with Gasteiger partial charge in [-0.2, -0.15) is 0 Å². The summed E-state index contributed by atoms with van der Waals surface area (Å²) in [5, 5.41) is 44.4. The first-order valence-electron chi connectivity index (χ1n) is 24.9. The number of urea groups is 3. The molecule has 0 aromatic heterocycles. The first-order valence-corrected chi connectivity index (χ1v) is 24.9. The van der Waals surface area contributed by atoms with Gasteiger partial charge in [-0.15, -0.1) is 0 Å². The van der Waals surface area contributed by atoms with Gasteiger partial charge in [0.05, 0.1) is 30.4 Å². The smallest absolute Gasteiger partial charge is 0.319 e. The van der Waals surface area contributed by atoms with E-state index in [0.29, 0.717) is 29.0 Å². The summed E-state index contributed by atoms with van der Waals surface area (Å²) < 4.78 is 32.4. The summed E-state index contributed by atoms with van der Waals surface area (Å²) in [5.74, 6) is -2.42. The zero-order valence-electron chi connectivity index (χ0n) is 43.7. The van der Waals surface area contributed by atoms with Gasteiger partial charge in [0.1, 0.15) is 23.1 Å². The molecule has 7 aromatic carbocycles. The standard InChI is InChI=1S/C22H23N3O3.C20H23N3O4.C16H15F2N3O3/c1-14(2)20(16-10-12-17(13-11-16)21(26)25-28)24-22(27)23-19-9-5-7-15-6-3-4-8-18(15)19;1-12(2)18(13-3-5-14(6-4-13)19(24)23-26)22-20(25)21-16-7-8-17-15(11-16)9-10-27-17;1-9(10-5-7-11(8-6-10)15(22)21-24)19-16(23)20-14-12(17)3-2-4-13(14)18/h3-14,20,28H,1-2H3,(H,25,26)(H2,23,24,27);3-8,11-12,18,26H,9-10H2,1-2H3,(H,23,24)(H2,21,22,25);2-9,24H,1H3,(H,21,22)(H2,19,20,23)/t20-;18-;9-/m111/s1. The van der Waals surface area contributed by atoms with Crippen LogP contribution in [0.5, 0.6) is 5.75 Å². The number of halogens is 2. The largest absolute Gasteiger partial charge is 0.493 e. The van der Waals surface area contributed by atoms with E-state index < -0.39 is 47.1 Å². The number of hydrogen-bond donors (Lipinski definition) is 12. The van der Waals surface area contributed by atoms with Crippen LogP contribution < -0.4 is 53.1 Å². The molecule has 0 saturated heterocycles. The van der Waals surface area contributed by atoms with Crippen molar-refractivity contribution < 1.29 is 57.9 Å². The van der Waals surface area contributed by atoms with Gasteiger partial charge in [-0.05, 0) is 119 Å². The summed E-state index contributed by atoms with van der Waals surface area (Å²) in [7, 11) is 0. The normalized spacial score (nSPS) is 12.3. The molecule has 79 heavy (non-hydrogen) atoms. The maximum Gasteiger partial charge on any atom is 0.319 e. The Morgan fingerprint density at radius 1 is 0.494 bits per heavy atom. The topological polar surface area (TPSA) is 281 Å². The molecule has 0 unspecified atom stereocenters. The van der Waals surface area contributed by atoms with E-state index in [1.54, 1.807) is 78.5 Å². The van der Waals surface area contributed by atoms with Crippen LogP contribution in [0.25, 0.3) is 10.8 Å². The van der Waals surface area contributed by atoms with E-state index in [1.165, 1.54) is 23.7 Å². The molecule has 0 spiro atoms. The van der Waals surface area contributed by atoms with Gasteiger partial charge in [-0.3, -0.25) is 30.0 Å². The molecule has 9 amide bonds. The van der Waals surface area contributed by atoms with Crippen molar-refractivity contribution in [2.24, 2.45) is 11.8 Å². The molecular formula is C58H61F2N9O10. The van der Waals surface area contributed by atoms with Gasteiger partial charge in [-0.25, -0.2) is 39.6 Å². The highest BCUT2D eigenvalue weighted by Crippen LogP contribution is 2.29. The number of nitrogens with one attached hydrogen (secondary N) is 9. The van der Waals surface area contributed by atoms with Crippen LogP contribution in [-0.2, 0) is 6.42 Å². The summed E-state index contributed by atoms with van der Waals surface area (Å²) in [6.07, 6.45) is 0.842. The lowest BCUT2D eigenvalue weighted by atomic mass is 9.95. The molecule has 1 heterocycles. The number of fused-ring (bicyclic) bond motifs is 2. The van der Waals surface area contributed by atoms with E-state index >= 15 is 0 Å². The number of rotatable bonds is 14. The molecule has 1 aliphatic rings. The number of anilines is 3. The molecule has 0 fully saturated rings. The van der Waals surface area contributed by atoms with E-state index in [2.05, 4.69) is 31.9 Å². The van der Waals surface area contributed by atoms with E-state index in [-0.39, 0.29) is 41.5 Å². The Bertz CT molecular complexity index is 3230. The van der Waals surface area contributed by atoms with E-state index in [9.17, 15) is 37.5 Å². The zero-order valence-corrected chi connectivity index (χ0v) is 43.7. The van der Waals surface area contributed by atoms with Gasteiger partial charge < -0.3 is 36.6 Å². The molecular weight excluding hydrogens is 1020 g/mol. The van der Waals surface area contributed by atoms with Crippen LogP contribution in [-0.4, -0.2) is 58.0 Å². The van der Waals surface area contributed by atoms with Crippen molar-refractivity contribution in [1.29, 1.82) is 0 Å². The number of hydroxylamine groups is 3. The number of amides is 9. The van der Waals surface area contributed by atoms with Gasteiger partial charge in [0.2, 0.25) is 0 Å². The predicted molar refractivity (Wildman–Crippen MR) is 293 cm³/mol. The minimum Gasteiger partial charge on any atom is -0.493 e. The second-order valence-electron chi connectivity index (χ2n) is 18.7. The third-order valence-electron chi connectivity index (χ3n) is 12.5. The van der Waals surface area contributed by atoms with Gasteiger partial charge >= 0.3 is 18.1 Å². The van der Waals surface area contributed by atoms with Gasteiger partial charge in [0.15, 0.2) is 0 Å². The first-order chi connectivity index (χ1) is 37.9. The number of hydrogen-bond acceptors (Lipinski definition) is 10. The summed E-state index contributed by atoms with van der Waals surface area (Å²) in [6, 6.07) is 39.8. The number of para-hydroxylation sites is 1. The minimum atomic E-state index is -0.878. The Morgan fingerprint density at radius 2 is 0.949 bits per heavy atom. The van der Waals surface area contributed by atoms with Crippen LogP contribution in [0.3, 0.4) is 0 Å². The molecule has 21 heteroatoms. The quantitative estimate of drug-likeness (QED) is 0.0361. The first kappa shape index (κ1) is 58.8. The van der Waals surface area contributed by atoms with Gasteiger partial charge in [0.25, 0.3) is 17.7 Å². The van der Waals surface area contributed by atoms with E-state index in [0.717, 1.165) is 57.5 Å². The lowest BCUT2D eigenvalue weighted by Gasteiger charge is -2.23. The van der Waals surface area contributed by atoms with Gasteiger partial charge in [-0.1, -0.05) is 107 Å². The Labute approximate surface area is 454 Å². The summed E-state index contributed by atoms with van der Waals surface area (Å²) in [4.78, 5) is 71.1. The Kier molecular flexibility index (Phi) is 20.9. The van der Waals surface area contributed by atoms with Crippen molar-refractivity contribution in [3.8, 4) is 5.75 Å². The molecule has 0 radical (unpaired) electrons. The molecule has 7 aromatic rings. The summed E-state index contributed by atoms with van der Waals surface area (Å²) in [6.45, 7) is 10.4. The molecule has 0 bridgehead atoms.